The number of para-hydroxylation sites is 2. The Balaban J connectivity index is 1.47. The van der Waals surface area contributed by atoms with E-state index in [4.69, 9.17) is 9.47 Å². The SMILES string of the molecule is CCOc1c(OC)cccc1[C@H]1CN2C(=O)CN(CCc3ccccc3F)C(=O)[C@]2(C)c2[nH]c3ccccc3c21. The minimum Gasteiger partial charge on any atom is -0.493 e. The third kappa shape index (κ3) is 3.93. The first kappa shape index (κ1) is 25.9. The van der Waals surface area contributed by atoms with Crippen LogP contribution in [0.5, 0.6) is 11.5 Å². The molecule has 206 valence electrons. The molecule has 2 aliphatic heterocycles. The smallest absolute Gasteiger partial charge is 0.254 e. The van der Waals surface area contributed by atoms with Crippen LogP contribution >= 0.6 is 0 Å². The number of methoxy groups -OCH3 is 1. The normalized spacial score (nSPS) is 20.4. The van der Waals surface area contributed by atoms with Gasteiger partial charge in [0, 0.05) is 35.5 Å². The molecule has 1 fully saturated rings. The first-order chi connectivity index (χ1) is 19.4. The van der Waals surface area contributed by atoms with Gasteiger partial charge in [0.25, 0.3) is 5.91 Å². The summed E-state index contributed by atoms with van der Waals surface area (Å²) >= 11 is 0. The molecule has 2 aliphatic rings. The van der Waals surface area contributed by atoms with Crippen molar-refractivity contribution in [1.29, 1.82) is 0 Å². The van der Waals surface area contributed by atoms with Gasteiger partial charge in [-0.3, -0.25) is 9.59 Å². The first-order valence-electron chi connectivity index (χ1n) is 13.6. The highest BCUT2D eigenvalue weighted by molar-refractivity contribution is 6.01. The largest absolute Gasteiger partial charge is 0.493 e. The van der Waals surface area contributed by atoms with Gasteiger partial charge in [0.1, 0.15) is 5.82 Å². The molecule has 0 unspecified atom stereocenters. The summed E-state index contributed by atoms with van der Waals surface area (Å²) in [6.07, 6.45) is 0.325. The number of rotatable bonds is 7. The van der Waals surface area contributed by atoms with E-state index in [2.05, 4.69) is 4.98 Å². The topological polar surface area (TPSA) is 74.9 Å². The number of amides is 2. The summed E-state index contributed by atoms with van der Waals surface area (Å²) in [5.74, 6) is 0.371. The van der Waals surface area contributed by atoms with E-state index in [-0.39, 0.29) is 36.6 Å². The number of H-pyrrole nitrogens is 1. The standard InChI is InChI=1S/C32H32FN3O4/c1-4-40-29-21(12-9-15-26(29)39-3)23-18-36-27(37)19-35(17-16-20-10-5-7-13-24(20)33)31(38)32(36,2)30-28(23)22-11-6-8-14-25(22)34-30/h5-15,23,34H,4,16-19H2,1-3H3/t23-,32+/m1/s1. The molecule has 1 saturated heterocycles. The third-order valence-electron chi connectivity index (χ3n) is 8.32. The van der Waals surface area contributed by atoms with Crippen molar-refractivity contribution >= 4 is 22.7 Å². The van der Waals surface area contributed by atoms with E-state index in [0.29, 0.717) is 42.3 Å². The van der Waals surface area contributed by atoms with Gasteiger partial charge in [-0.2, -0.15) is 0 Å². The number of carbonyl (C=O) groups excluding carboxylic acids is 2. The fourth-order valence-corrected chi connectivity index (χ4v) is 6.36. The lowest BCUT2D eigenvalue weighted by Crippen LogP contribution is -2.67. The lowest BCUT2D eigenvalue weighted by Gasteiger charge is -2.51. The zero-order valence-electron chi connectivity index (χ0n) is 22.9. The number of fused-ring (bicyclic) bond motifs is 5. The van der Waals surface area contributed by atoms with Gasteiger partial charge in [-0.1, -0.05) is 48.5 Å². The van der Waals surface area contributed by atoms with E-state index in [1.165, 1.54) is 6.07 Å². The zero-order valence-corrected chi connectivity index (χ0v) is 22.9. The Hall–Kier alpha value is -4.33. The maximum atomic E-state index is 14.3. The number of aromatic amines is 1. The number of benzene rings is 3. The Morgan fingerprint density at radius 3 is 2.60 bits per heavy atom. The summed E-state index contributed by atoms with van der Waals surface area (Å²) in [6.45, 7) is 4.71. The second kappa shape index (κ2) is 10.0. The Kier molecular flexibility index (Phi) is 6.49. The fourth-order valence-electron chi connectivity index (χ4n) is 6.36. The third-order valence-corrected chi connectivity index (χ3v) is 8.32. The molecule has 0 bridgehead atoms. The molecule has 4 aromatic rings. The highest BCUT2D eigenvalue weighted by Gasteiger charge is 2.56. The molecule has 6 rings (SSSR count). The van der Waals surface area contributed by atoms with Crippen LogP contribution in [-0.4, -0.2) is 59.9 Å². The van der Waals surface area contributed by atoms with Gasteiger partial charge < -0.3 is 24.3 Å². The average molecular weight is 542 g/mol. The fraction of sp³-hybridized carbons (Fsp3) is 0.312. The molecule has 1 N–H and O–H groups in total. The van der Waals surface area contributed by atoms with E-state index >= 15 is 0 Å². The van der Waals surface area contributed by atoms with Gasteiger partial charge in [0.15, 0.2) is 17.0 Å². The number of nitrogens with one attached hydrogen (secondary N) is 1. The first-order valence-corrected chi connectivity index (χ1v) is 13.6. The molecule has 40 heavy (non-hydrogen) atoms. The molecule has 7 nitrogen and oxygen atoms in total. The molecule has 0 spiro atoms. The van der Waals surface area contributed by atoms with Crippen LogP contribution in [0.1, 0.15) is 42.1 Å². The van der Waals surface area contributed by atoms with Crippen LogP contribution in [0.3, 0.4) is 0 Å². The van der Waals surface area contributed by atoms with E-state index < -0.39 is 5.54 Å². The van der Waals surface area contributed by atoms with E-state index in [1.807, 2.05) is 56.3 Å². The van der Waals surface area contributed by atoms with Crippen LogP contribution in [0.4, 0.5) is 4.39 Å². The number of ether oxygens (including phenoxy) is 2. The molecule has 1 aromatic heterocycles. The van der Waals surface area contributed by atoms with Crippen LogP contribution in [0.25, 0.3) is 10.9 Å². The van der Waals surface area contributed by atoms with E-state index in [1.54, 1.807) is 35.1 Å². The average Bonchev–Trinajstić information content (AvgIpc) is 3.36. The molecule has 2 atom stereocenters. The predicted octanol–water partition coefficient (Wildman–Crippen LogP) is 4.99. The molecule has 2 amide bonds. The van der Waals surface area contributed by atoms with Gasteiger partial charge in [-0.05, 0) is 49.6 Å². The number of hydrogen-bond donors (Lipinski definition) is 1. The van der Waals surface area contributed by atoms with Crippen molar-refractivity contribution in [2.24, 2.45) is 0 Å². The van der Waals surface area contributed by atoms with E-state index in [0.717, 1.165) is 22.0 Å². The Labute approximate surface area is 232 Å². The maximum Gasteiger partial charge on any atom is 0.254 e. The van der Waals surface area contributed by atoms with Gasteiger partial charge in [0.05, 0.1) is 26.0 Å². The molecular formula is C32H32FN3O4. The molecule has 0 aliphatic carbocycles. The quantitative estimate of drug-likeness (QED) is 0.358. The summed E-state index contributed by atoms with van der Waals surface area (Å²) in [6, 6.07) is 20.3. The number of carbonyl (C=O) groups is 2. The van der Waals surface area contributed by atoms with Crippen LogP contribution in [0.2, 0.25) is 0 Å². The number of piperazine rings is 1. The summed E-state index contributed by atoms with van der Waals surface area (Å²) in [5, 5.41) is 0.998. The van der Waals surface area contributed by atoms with Crippen molar-refractivity contribution in [2.75, 3.05) is 33.4 Å². The predicted molar refractivity (Wildman–Crippen MR) is 150 cm³/mol. The minimum absolute atomic E-state index is 0.0540. The van der Waals surface area contributed by atoms with E-state index in [9.17, 15) is 14.0 Å². The molecular weight excluding hydrogens is 509 g/mol. The highest BCUT2D eigenvalue weighted by Crippen LogP contribution is 2.50. The minimum atomic E-state index is -1.24. The Morgan fingerprint density at radius 2 is 1.82 bits per heavy atom. The van der Waals surface area contributed by atoms with Crippen LogP contribution in [-0.2, 0) is 21.5 Å². The lowest BCUT2D eigenvalue weighted by atomic mass is 9.76. The monoisotopic (exact) mass is 541 g/mol. The van der Waals surface area contributed by atoms with Crippen molar-refractivity contribution < 1.29 is 23.5 Å². The van der Waals surface area contributed by atoms with Gasteiger partial charge in [0.2, 0.25) is 5.91 Å². The van der Waals surface area contributed by atoms with Crippen molar-refractivity contribution in [3.63, 3.8) is 0 Å². The summed E-state index contributed by atoms with van der Waals surface area (Å²) < 4.78 is 26.0. The number of halogens is 1. The molecule has 3 aromatic carbocycles. The van der Waals surface area contributed by atoms with Gasteiger partial charge in [-0.25, -0.2) is 4.39 Å². The maximum absolute atomic E-state index is 14.3. The Bertz CT molecular complexity index is 1620. The highest BCUT2D eigenvalue weighted by atomic mass is 19.1. The second-order valence-corrected chi connectivity index (χ2v) is 10.5. The van der Waals surface area contributed by atoms with Gasteiger partial charge >= 0.3 is 0 Å². The Morgan fingerprint density at radius 1 is 1.05 bits per heavy atom. The van der Waals surface area contributed by atoms with Crippen molar-refractivity contribution in [2.45, 2.75) is 31.7 Å². The van der Waals surface area contributed by atoms with Crippen molar-refractivity contribution in [1.82, 2.24) is 14.8 Å². The molecule has 0 saturated carbocycles. The molecule has 3 heterocycles. The summed E-state index contributed by atoms with van der Waals surface area (Å²) in [4.78, 5) is 34.8. The summed E-state index contributed by atoms with van der Waals surface area (Å²) in [7, 11) is 1.61. The number of nitrogens with zero attached hydrogens (tertiary/aromatic N) is 2. The van der Waals surface area contributed by atoms with Crippen LogP contribution in [0.15, 0.2) is 66.7 Å². The molecule has 8 heteroatoms. The second-order valence-electron chi connectivity index (χ2n) is 10.5. The van der Waals surface area contributed by atoms with Crippen molar-refractivity contribution in [3.05, 3.63) is 94.9 Å². The zero-order chi connectivity index (χ0) is 28.0. The number of hydrogen-bond acceptors (Lipinski definition) is 4. The van der Waals surface area contributed by atoms with Crippen molar-refractivity contribution in [3.8, 4) is 11.5 Å². The summed E-state index contributed by atoms with van der Waals surface area (Å²) in [5.41, 5.74) is 2.75. The van der Waals surface area contributed by atoms with Gasteiger partial charge in [-0.15, -0.1) is 0 Å². The lowest BCUT2D eigenvalue weighted by molar-refractivity contribution is -0.166. The molecule has 0 radical (unpaired) electrons. The van der Waals surface area contributed by atoms with Crippen LogP contribution < -0.4 is 9.47 Å². The number of aromatic nitrogens is 1. The van der Waals surface area contributed by atoms with Crippen LogP contribution in [0, 0.1) is 5.82 Å².